The summed E-state index contributed by atoms with van der Waals surface area (Å²) in [6.07, 6.45) is 1.00. The molecule has 1 aromatic rings. The fourth-order valence-corrected chi connectivity index (χ4v) is 1.79. The maximum absolute atomic E-state index is 9.90. The van der Waals surface area contributed by atoms with Crippen molar-refractivity contribution in [2.24, 2.45) is 0 Å². The van der Waals surface area contributed by atoms with Gasteiger partial charge < -0.3 is 14.6 Å². The lowest BCUT2D eigenvalue weighted by Gasteiger charge is -2.11. The van der Waals surface area contributed by atoms with Crippen molar-refractivity contribution < 1.29 is 14.6 Å². The first-order chi connectivity index (χ1) is 8.71. The van der Waals surface area contributed by atoms with Crippen LogP contribution in [0.1, 0.15) is 25.2 Å². The molecule has 0 amide bonds. The zero-order valence-electron chi connectivity index (χ0n) is 11.6. The van der Waals surface area contributed by atoms with Gasteiger partial charge in [-0.15, -0.1) is 0 Å². The van der Waals surface area contributed by atoms with Gasteiger partial charge >= 0.3 is 0 Å². The highest BCUT2D eigenvalue weighted by atomic mass is 16.5. The van der Waals surface area contributed by atoms with Crippen LogP contribution in [0, 0.1) is 0 Å². The largest absolute Gasteiger partial charge is 0.390 e. The van der Waals surface area contributed by atoms with Crippen LogP contribution >= 0.6 is 0 Å². The van der Waals surface area contributed by atoms with Gasteiger partial charge in [0, 0.05) is 25.8 Å². The van der Waals surface area contributed by atoms with Gasteiger partial charge in [0.05, 0.1) is 31.6 Å². The summed E-state index contributed by atoms with van der Waals surface area (Å²) in [4.78, 5) is 0. The molecule has 0 radical (unpaired) electrons. The number of methoxy groups -OCH3 is 1. The first-order valence-corrected chi connectivity index (χ1v) is 6.51. The van der Waals surface area contributed by atoms with E-state index in [1.54, 1.807) is 7.11 Å². The van der Waals surface area contributed by atoms with Gasteiger partial charge in [0.15, 0.2) is 0 Å². The Hall–Kier alpha value is -0.910. The lowest BCUT2D eigenvalue weighted by atomic mass is 10.2. The van der Waals surface area contributed by atoms with Crippen molar-refractivity contribution in [3.8, 4) is 0 Å². The fraction of sp³-hybridized carbons (Fsp3) is 0.769. The molecule has 18 heavy (non-hydrogen) atoms. The summed E-state index contributed by atoms with van der Waals surface area (Å²) >= 11 is 0. The van der Waals surface area contributed by atoms with Crippen molar-refractivity contribution >= 4 is 0 Å². The average molecular weight is 256 g/mol. The summed E-state index contributed by atoms with van der Waals surface area (Å²) in [5, 5.41) is 14.4. The summed E-state index contributed by atoms with van der Waals surface area (Å²) in [6.45, 7) is 6.36. The number of nitrogens with zero attached hydrogens (tertiary/aromatic N) is 2. The van der Waals surface area contributed by atoms with Gasteiger partial charge in [-0.3, -0.25) is 4.68 Å². The standard InChI is InChI=1S/C13H24N2O3/c1-4-11-8-12(15(5-2)14-11)9-13(16)10-18-7-6-17-3/h8,13,16H,4-7,9-10H2,1-3H3. The summed E-state index contributed by atoms with van der Waals surface area (Å²) in [5.41, 5.74) is 2.14. The minimum Gasteiger partial charge on any atom is -0.390 e. The predicted molar refractivity (Wildman–Crippen MR) is 69.7 cm³/mol. The Bertz CT molecular complexity index is 339. The van der Waals surface area contributed by atoms with Gasteiger partial charge in [0.2, 0.25) is 0 Å². The van der Waals surface area contributed by atoms with Crippen LogP contribution < -0.4 is 0 Å². The van der Waals surface area contributed by atoms with E-state index < -0.39 is 6.10 Å². The van der Waals surface area contributed by atoms with Crippen molar-refractivity contribution in [1.29, 1.82) is 0 Å². The molecule has 0 saturated heterocycles. The summed E-state index contributed by atoms with van der Waals surface area (Å²) in [7, 11) is 1.63. The normalized spacial score (nSPS) is 12.9. The second-order valence-electron chi connectivity index (χ2n) is 4.22. The maximum Gasteiger partial charge on any atom is 0.0828 e. The van der Waals surface area contributed by atoms with E-state index >= 15 is 0 Å². The molecule has 0 aliphatic heterocycles. The molecule has 0 fully saturated rings. The SMILES string of the molecule is CCc1cc(CC(O)COCCOC)n(CC)n1. The second-order valence-corrected chi connectivity index (χ2v) is 4.22. The molecule has 0 bridgehead atoms. The van der Waals surface area contributed by atoms with Crippen LogP contribution in [0.3, 0.4) is 0 Å². The number of ether oxygens (including phenoxy) is 2. The molecule has 104 valence electrons. The monoisotopic (exact) mass is 256 g/mol. The van der Waals surface area contributed by atoms with E-state index in [0.717, 1.165) is 24.4 Å². The minimum atomic E-state index is -0.492. The summed E-state index contributed by atoms with van der Waals surface area (Å²) in [5.74, 6) is 0. The van der Waals surface area contributed by atoms with Crippen LogP contribution in [-0.2, 0) is 28.9 Å². The number of hydrogen-bond acceptors (Lipinski definition) is 4. The predicted octanol–water partition coefficient (Wildman–Crippen LogP) is 1.03. The first kappa shape index (κ1) is 15.1. The van der Waals surface area contributed by atoms with Gasteiger partial charge in [-0.25, -0.2) is 0 Å². The minimum absolute atomic E-state index is 0.333. The Morgan fingerprint density at radius 1 is 1.39 bits per heavy atom. The Morgan fingerprint density at radius 2 is 2.17 bits per heavy atom. The Kier molecular flexibility index (Phi) is 6.93. The summed E-state index contributed by atoms with van der Waals surface area (Å²) in [6, 6.07) is 2.06. The van der Waals surface area contributed by atoms with Crippen molar-refractivity contribution in [2.75, 3.05) is 26.9 Å². The third kappa shape index (κ3) is 4.76. The van der Waals surface area contributed by atoms with Crippen molar-refractivity contribution in [1.82, 2.24) is 9.78 Å². The van der Waals surface area contributed by atoms with Crippen LogP contribution in [0.15, 0.2) is 6.07 Å². The van der Waals surface area contributed by atoms with Gasteiger partial charge in [-0.1, -0.05) is 6.92 Å². The lowest BCUT2D eigenvalue weighted by molar-refractivity contribution is 0.0130. The molecule has 0 aliphatic rings. The Labute approximate surface area is 109 Å². The van der Waals surface area contributed by atoms with Crippen LogP contribution in [0.5, 0.6) is 0 Å². The maximum atomic E-state index is 9.90. The molecule has 5 nitrogen and oxygen atoms in total. The Balaban J connectivity index is 2.42. The molecular weight excluding hydrogens is 232 g/mol. The number of aromatic nitrogens is 2. The van der Waals surface area contributed by atoms with E-state index in [1.807, 2.05) is 4.68 Å². The topological polar surface area (TPSA) is 56.5 Å². The first-order valence-electron chi connectivity index (χ1n) is 6.51. The van der Waals surface area contributed by atoms with Gasteiger partial charge in [-0.2, -0.15) is 5.10 Å². The van der Waals surface area contributed by atoms with Gasteiger partial charge in [0.1, 0.15) is 0 Å². The van der Waals surface area contributed by atoms with E-state index in [1.165, 1.54) is 0 Å². The Morgan fingerprint density at radius 3 is 2.78 bits per heavy atom. The smallest absolute Gasteiger partial charge is 0.0828 e. The highest BCUT2D eigenvalue weighted by Gasteiger charge is 2.11. The number of aliphatic hydroxyl groups is 1. The van der Waals surface area contributed by atoms with Crippen LogP contribution in [0.25, 0.3) is 0 Å². The number of hydrogen-bond donors (Lipinski definition) is 1. The molecule has 0 spiro atoms. The lowest BCUT2D eigenvalue weighted by Crippen LogP contribution is -2.21. The number of aliphatic hydroxyl groups excluding tert-OH is 1. The number of rotatable bonds is 9. The van der Waals surface area contributed by atoms with E-state index in [2.05, 4.69) is 25.0 Å². The van der Waals surface area contributed by atoms with Crippen molar-refractivity contribution in [2.45, 2.75) is 39.3 Å². The van der Waals surface area contributed by atoms with Crippen LogP contribution in [0.2, 0.25) is 0 Å². The van der Waals surface area contributed by atoms with Crippen molar-refractivity contribution in [3.63, 3.8) is 0 Å². The average Bonchev–Trinajstić information content (AvgIpc) is 2.77. The molecule has 1 N–H and O–H groups in total. The molecule has 5 heteroatoms. The summed E-state index contributed by atoms with van der Waals surface area (Å²) < 4.78 is 12.1. The molecule has 1 atom stereocenters. The highest BCUT2D eigenvalue weighted by Crippen LogP contribution is 2.08. The zero-order chi connectivity index (χ0) is 13.4. The fourth-order valence-electron chi connectivity index (χ4n) is 1.79. The zero-order valence-corrected chi connectivity index (χ0v) is 11.6. The van der Waals surface area contributed by atoms with Gasteiger partial charge in [0.25, 0.3) is 0 Å². The van der Waals surface area contributed by atoms with Crippen LogP contribution in [-0.4, -0.2) is 47.9 Å². The molecule has 1 rings (SSSR count). The van der Waals surface area contributed by atoms with Crippen LogP contribution in [0.4, 0.5) is 0 Å². The molecule has 0 aliphatic carbocycles. The number of aryl methyl sites for hydroxylation is 2. The quantitative estimate of drug-likeness (QED) is 0.671. The molecule has 1 heterocycles. The molecule has 1 unspecified atom stereocenters. The van der Waals surface area contributed by atoms with E-state index in [9.17, 15) is 5.11 Å². The highest BCUT2D eigenvalue weighted by molar-refractivity contribution is 5.11. The third-order valence-electron chi connectivity index (χ3n) is 2.76. The third-order valence-corrected chi connectivity index (χ3v) is 2.76. The van der Waals surface area contributed by atoms with E-state index in [-0.39, 0.29) is 0 Å². The van der Waals surface area contributed by atoms with Gasteiger partial charge in [-0.05, 0) is 19.4 Å². The second kappa shape index (κ2) is 8.24. The molecule has 0 aromatic carbocycles. The molecule has 0 saturated carbocycles. The van der Waals surface area contributed by atoms with E-state index in [4.69, 9.17) is 9.47 Å². The molecule has 1 aromatic heterocycles. The van der Waals surface area contributed by atoms with Crippen molar-refractivity contribution in [3.05, 3.63) is 17.5 Å². The molecular formula is C13H24N2O3. The van der Waals surface area contributed by atoms with E-state index in [0.29, 0.717) is 26.2 Å².